The van der Waals surface area contributed by atoms with Gasteiger partial charge in [0.25, 0.3) is 0 Å². The molecule has 0 aliphatic carbocycles. The predicted molar refractivity (Wildman–Crippen MR) is 82.6 cm³/mol. The Hall–Kier alpha value is -1.50. The van der Waals surface area contributed by atoms with Crippen LogP contribution >= 0.6 is 11.6 Å². The van der Waals surface area contributed by atoms with Crippen LogP contribution in [0.1, 0.15) is 22.3 Å². The summed E-state index contributed by atoms with van der Waals surface area (Å²) >= 11 is 6.12. The van der Waals surface area contributed by atoms with Crippen molar-refractivity contribution in [2.24, 2.45) is 0 Å². The zero-order chi connectivity index (χ0) is 15.7. The maximum Gasteiger partial charge on any atom is 0.342 e. The maximum atomic E-state index is 12.5. The Morgan fingerprint density at radius 2 is 2.32 bits per heavy atom. The van der Waals surface area contributed by atoms with Crippen molar-refractivity contribution in [1.82, 2.24) is 5.32 Å². The first kappa shape index (κ1) is 15.4. The monoisotopic (exact) mass is 326 g/mol. The first-order valence-electron chi connectivity index (χ1n) is 7.30. The molecule has 3 N–H and O–H groups in total. The van der Waals surface area contributed by atoms with E-state index < -0.39 is 5.97 Å². The Morgan fingerprint density at radius 3 is 3.09 bits per heavy atom. The summed E-state index contributed by atoms with van der Waals surface area (Å²) in [5.74, 6) is 0.0452. The fourth-order valence-electron chi connectivity index (χ4n) is 2.90. The van der Waals surface area contributed by atoms with E-state index in [0.717, 1.165) is 12.1 Å². The summed E-state index contributed by atoms with van der Waals surface area (Å²) in [6.45, 7) is 1.94. The highest BCUT2D eigenvalue weighted by atomic mass is 35.5. The second-order valence-corrected chi connectivity index (χ2v) is 5.84. The molecule has 1 fully saturated rings. The molecule has 3 rings (SSSR count). The minimum atomic E-state index is -0.450. The number of carbonyl (C=O) groups is 1. The number of anilines is 1. The molecule has 0 aromatic heterocycles. The van der Waals surface area contributed by atoms with Gasteiger partial charge < -0.3 is 25.3 Å². The first-order valence-corrected chi connectivity index (χ1v) is 7.67. The molecule has 0 bridgehead atoms. The number of nitrogens with one attached hydrogen (secondary N) is 1. The van der Waals surface area contributed by atoms with Crippen molar-refractivity contribution in [2.45, 2.75) is 25.0 Å². The second-order valence-electron chi connectivity index (χ2n) is 5.44. The van der Waals surface area contributed by atoms with Gasteiger partial charge in [-0.3, -0.25) is 0 Å². The normalized spacial score (nSPS) is 23.7. The molecule has 2 atom stereocenters. The molecule has 1 aromatic carbocycles. The third kappa shape index (κ3) is 2.74. The number of nitrogen functional groups attached to an aromatic ring is 1. The van der Waals surface area contributed by atoms with Gasteiger partial charge in [-0.1, -0.05) is 11.6 Å². The molecule has 0 unspecified atom stereocenters. The zero-order valence-corrected chi connectivity index (χ0v) is 13.1. The average Bonchev–Trinajstić information content (AvgIpc) is 3.01. The molecule has 22 heavy (non-hydrogen) atoms. The Labute approximate surface area is 133 Å². The molecule has 0 spiro atoms. The SMILES string of the molecule is CO[C@@H]1CNCC[C@@H]1OC(=O)c1cc(Cl)c(N)c2c1OCC2. The van der Waals surface area contributed by atoms with E-state index in [2.05, 4.69) is 5.32 Å². The number of halogens is 1. The van der Waals surface area contributed by atoms with Crippen LogP contribution in [0.2, 0.25) is 5.02 Å². The minimum absolute atomic E-state index is 0.157. The predicted octanol–water partition coefficient (Wildman–Crippen LogP) is 1.39. The van der Waals surface area contributed by atoms with Crippen LogP contribution in [-0.2, 0) is 15.9 Å². The number of benzene rings is 1. The number of nitrogens with two attached hydrogens (primary N) is 1. The second kappa shape index (κ2) is 6.32. The number of methoxy groups -OCH3 is 1. The van der Waals surface area contributed by atoms with Crippen molar-refractivity contribution in [2.75, 3.05) is 32.5 Å². The largest absolute Gasteiger partial charge is 0.492 e. The van der Waals surface area contributed by atoms with Crippen LogP contribution in [-0.4, -0.2) is 45.0 Å². The third-order valence-corrected chi connectivity index (χ3v) is 4.43. The van der Waals surface area contributed by atoms with Crippen LogP contribution in [0.15, 0.2) is 6.07 Å². The van der Waals surface area contributed by atoms with Crippen LogP contribution < -0.4 is 15.8 Å². The lowest BCUT2D eigenvalue weighted by Crippen LogP contribution is -2.47. The van der Waals surface area contributed by atoms with Crippen molar-refractivity contribution in [1.29, 1.82) is 0 Å². The van der Waals surface area contributed by atoms with E-state index in [4.69, 9.17) is 31.5 Å². The fourth-order valence-corrected chi connectivity index (χ4v) is 3.12. The lowest BCUT2D eigenvalue weighted by Gasteiger charge is -2.30. The first-order chi connectivity index (χ1) is 10.6. The number of fused-ring (bicyclic) bond motifs is 1. The summed E-state index contributed by atoms with van der Waals surface area (Å²) in [4.78, 5) is 12.5. The average molecular weight is 327 g/mol. The molecule has 0 amide bonds. The molecule has 6 nitrogen and oxygen atoms in total. The van der Waals surface area contributed by atoms with Gasteiger partial charge in [-0.2, -0.15) is 0 Å². The zero-order valence-electron chi connectivity index (χ0n) is 12.4. The molecule has 0 radical (unpaired) electrons. The lowest BCUT2D eigenvalue weighted by molar-refractivity contribution is -0.0475. The van der Waals surface area contributed by atoms with Gasteiger partial charge in [-0.25, -0.2) is 4.79 Å². The quantitative estimate of drug-likeness (QED) is 0.645. The summed E-state index contributed by atoms with van der Waals surface area (Å²) in [6.07, 6.45) is 0.912. The maximum absolute atomic E-state index is 12.5. The highest BCUT2D eigenvalue weighted by Crippen LogP contribution is 2.39. The molecule has 0 saturated carbocycles. The third-order valence-electron chi connectivity index (χ3n) is 4.12. The van der Waals surface area contributed by atoms with Crippen LogP contribution in [0, 0.1) is 0 Å². The van der Waals surface area contributed by atoms with E-state index in [1.165, 1.54) is 6.07 Å². The van der Waals surface area contributed by atoms with Crippen LogP contribution in [0.25, 0.3) is 0 Å². The Balaban J connectivity index is 1.84. The molecular formula is C15H19ClN2O4. The van der Waals surface area contributed by atoms with Gasteiger partial charge in [0.2, 0.25) is 0 Å². The summed E-state index contributed by atoms with van der Waals surface area (Å²) in [7, 11) is 1.61. The molecule has 1 aromatic rings. The number of hydrogen-bond donors (Lipinski definition) is 2. The van der Waals surface area contributed by atoms with E-state index in [9.17, 15) is 4.79 Å². The molecule has 1 saturated heterocycles. The minimum Gasteiger partial charge on any atom is -0.492 e. The van der Waals surface area contributed by atoms with E-state index in [1.807, 2.05) is 0 Å². The van der Waals surface area contributed by atoms with Gasteiger partial charge in [0.15, 0.2) is 0 Å². The number of esters is 1. The molecular weight excluding hydrogens is 308 g/mol. The van der Waals surface area contributed by atoms with Gasteiger partial charge >= 0.3 is 5.97 Å². The topological polar surface area (TPSA) is 82.8 Å². The van der Waals surface area contributed by atoms with Gasteiger partial charge in [0.1, 0.15) is 23.5 Å². The smallest absolute Gasteiger partial charge is 0.342 e. The van der Waals surface area contributed by atoms with E-state index >= 15 is 0 Å². The Kier molecular flexibility index (Phi) is 4.42. The van der Waals surface area contributed by atoms with Crippen LogP contribution in [0.4, 0.5) is 5.69 Å². The summed E-state index contributed by atoms with van der Waals surface area (Å²) in [5.41, 5.74) is 7.53. The number of carbonyl (C=O) groups excluding carboxylic acids is 1. The van der Waals surface area contributed by atoms with Crippen molar-refractivity contribution in [3.63, 3.8) is 0 Å². The molecule has 2 aliphatic heterocycles. The molecule has 2 aliphatic rings. The van der Waals surface area contributed by atoms with E-state index in [-0.39, 0.29) is 12.2 Å². The molecule has 7 heteroatoms. The van der Waals surface area contributed by atoms with Gasteiger partial charge in [0, 0.05) is 25.6 Å². The molecule has 2 heterocycles. The van der Waals surface area contributed by atoms with E-state index in [0.29, 0.717) is 48.0 Å². The number of rotatable bonds is 3. The van der Waals surface area contributed by atoms with Crippen molar-refractivity contribution >= 4 is 23.3 Å². The van der Waals surface area contributed by atoms with Gasteiger partial charge in [0.05, 0.1) is 17.3 Å². The van der Waals surface area contributed by atoms with Crippen molar-refractivity contribution in [3.05, 3.63) is 22.2 Å². The van der Waals surface area contributed by atoms with Gasteiger partial charge in [-0.05, 0) is 19.0 Å². The highest BCUT2D eigenvalue weighted by Gasteiger charge is 2.31. The summed E-state index contributed by atoms with van der Waals surface area (Å²) in [5, 5.41) is 3.56. The van der Waals surface area contributed by atoms with Crippen LogP contribution in [0.3, 0.4) is 0 Å². The van der Waals surface area contributed by atoms with Gasteiger partial charge in [-0.15, -0.1) is 0 Å². The van der Waals surface area contributed by atoms with Crippen molar-refractivity contribution < 1.29 is 19.0 Å². The summed E-state index contributed by atoms with van der Waals surface area (Å²) < 4.78 is 16.5. The Morgan fingerprint density at radius 1 is 1.50 bits per heavy atom. The standard InChI is InChI=1S/C15H19ClN2O4/c1-20-12-7-18-4-2-11(12)22-15(19)9-6-10(16)13(17)8-3-5-21-14(8)9/h6,11-12,18H,2-5,7,17H2,1H3/t11-,12+/m0/s1. The fraction of sp³-hybridized carbons (Fsp3) is 0.533. The van der Waals surface area contributed by atoms with Crippen molar-refractivity contribution in [3.8, 4) is 5.75 Å². The number of piperidine rings is 1. The molecule has 120 valence electrons. The van der Waals surface area contributed by atoms with Crippen LogP contribution in [0.5, 0.6) is 5.75 Å². The highest BCUT2D eigenvalue weighted by molar-refractivity contribution is 6.33. The Bertz CT molecular complexity index is 593. The number of hydrogen-bond acceptors (Lipinski definition) is 6. The summed E-state index contributed by atoms with van der Waals surface area (Å²) in [6, 6.07) is 1.52. The van der Waals surface area contributed by atoms with E-state index in [1.54, 1.807) is 7.11 Å². The number of ether oxygens (including phenoxy) is 3. The lowest BCUT2D eigenvalue weighted by atomic mass is 10.0.